The monoisotopic (exact) mass is 572 g/mol. The van der Waals surface area contributed by atoms with E-state index in [1.807, 2.05) is 13.0 Å². The van der Waals surface area contributed by atoms with Crippen molar-refractivity contribution in [2.24, 2.45) is 4.99 Å². The van der Waals surface area contributed by atoms with Gasteiger partial charge < -0.3 is 10.6 Å². The zero-order valence-corrected chi connectivity index (χ0v) is 20.7. The standard InChI is InChI=1S/C18H29BrN4O2S.HI/c1-3-20-17(21-12-7-13-23-26(24,25)4-2)22-14-18(10-11-18)15-8-5-6-9-16(15)19;/h5-6,8-9,23H,3-4,7,10-14H2,1-2H3,(H2,20,21,22);1H. The quantitative estimate of drug-likeness (QED) is 0.174. The van der Waals surface area contributed by atoms with E-state index in [1.165, 1.54) is 5.56 Å². The van der Waals surface area contributed by atoms with Crippen LogP contribution in [0.15, 0.2) is 33.7 Å². The summed E-state index contributed by atoms with van der Waals surface area (Å²) in [5.74, 6) is 0.894. The molecule has 1 aromatic rings. The van der Waals surface area contributed by atoms with E-state index in [0.717, 1.165) is 36.4 Å². The Labute approximate surface area is 188 Å². The molecule has 9 heteroatoms. The maximum Gasteiger partial charge on any atom is 0.211 e. The van der Waals surface area contributed by atoms with Crippen LogP contribution >= 0.6 is 39.9 Å². The van der Waals surface area contributed by atoms with Crippen molar-refractivity contribution in [3.63, 3.8) is 0 Å². The highest BCUT2D eigenvalue weighted by Crippen LogP contribution is 2.50. The largest absolute Gasteiger partial charge is 0.357 e. The molecule has 2 rings (SSSR count). The maximum absolute atomic E-state index is 11.4. The molecule has 3 N–H and O–H groups in total. The van der Waals surface area contributed by atoms with Gasteiger partial charge in [0.25, 0.3) is 0 Å². The summed E-state index contributed by atoms with van der Waals surface area (Å²) in [7, 11) is -3.11. The lowest BCUT2D eigenvalue weighted by atomic mass is 9.96. The van der Waals surface area contributed by atoms with Crippen LogP contribution in [0.2, 0.25) is 0 Å². The summed E-state index contributed by atoms with van der Waals surface area (Å²) < 4.78 is 26.5. The molecule has 1 saturated carbocycles. The molecule has 0 spiro atoms. The fourth-order valence-electron chi connectivity index (χ4n) is 2.75. The van der Waals surface area contributed by atoms with E-state index in [1.54, 1.807) is 6.92 Å². The fraction of sp³-hybridized carbons (Fsp3) is 0.611. The molecule has 0 amide bonds. The number of hydrogen-bond acceptors (Lipinski definition) is 3. The smallest absolute Gasteiger partial charge is 0.211 e. The molecule has 1 aliphatic carbocycles. The Bertz CT molecular complexity index is 724. The van der Waals surface area contributed by atoms with Crippen molar-refractivity contribution >= 4 is 55.9 Å². The average molecular weight is 573 g/mol. The van der Waals surface area contributed by atoms with Crippen LogP contribution in [0.25, 0.3) is 0 Å². The second kappa shape index (κ2) is 11.6. The van der Waals surface area contributed by atoms with Gasteiger partial charge in [-0.2, -0.15) is 0 Å². The minimum atomic E-state index is -3.11. The van der Waals surface area contributed by atoms with Crippen molar-refractivity contribution in [3.8, 4) is 0 Å². The summed E-state index contributed by atoms with van der Waals surface area (Å²) in [6.45, 7) is 6.30. The van der Waals surface area contributed by atoms with Crippen LogP contribution in [0.4, 0.5) is 0 Å². The molecule has 0 atom stereocenters. The Morgan fingerprint density at radius 1 is 1.19 bits per heavy atom. The van der Waals surface area contributed by atoms with Crippen LogP contribution in [-0.4, -0.2) is 46.3 Å². The third-order valence-corrected chi connectivity index (χ3v) is 6.63. The van der Waals surface area contributed by atoms with Gasteiger partial charge in [-0.15, -0.1) is 24.0 Å². The van der Waals surface area contributed by atoms with Crippen molar-refractivity contribution in [1.82, 2.24) is 15.4 Å². The molecular formula is C18H30BrIN4O2S. The molecule has 1 aliphatic rings. The molecule has 27 heavy (non-hydrogen) atoms. The van der Waals surface area contributed by atoms with Gasteiger partial charge in [0.2, 0.25) is 10.0 Å². The predicted molar refractivity (Wildman–Crippen MR) is 127 cm³/mol. The highest BCUT2D eigenvalue weighted by molar-refractivity contribution is 14.0. The molecule has 1 aromatic carbocycles. The third-order valence-electron chi connectivity index (χ3n) is 4.53. The Balaban J connectivity index is 0.00000364. The van der Waals surface area contributed by atoms with Crippen LogP contribution in [0.3, 0.4) is 0 Å². The summed E-state index contributed by atoms with van der Waals surface area (Å²) in [5, 5.41) is 6.54. The maximum atomic E-state index is 11.4. The normalized spacial score (nSPS) is 15.7. The zero-order chi connectivity index (χ0) is 19.0. The highest BCUT2D eigenvalue weighted by Gasteiger charge is 2.45. The molecule has 0 unspecified atom stereocenters. The second-order valence-electron chi connectivity index (χ2n) is 6.53. The van der Waals surface area contributed by atoms with E-state index in [-0.39, 0.29) is 35.1 Å². The molecule has 0 saturated heterocycles. The molecule has 0 radical (unpaired) electrons. The van der Waals surface area contributed by atoms with E-state index in [0.29, 0.717) is 19.5 Å². The first-order valence-corrected chi connectivity index (χ1v) is 11.6. The van der Waals surface area contributed by atoms with Gasteiger partial charge in [0, 0.05) is 29.5 Å². The fourth-order valence-corrected chi connectivity index (χ4v) is 4.12. The molecule has 6 nitrogen and oxygen atoms in total. The summed E-state index contributed by atoms with van der Waals surface area (Å²) >= 11 is 3.66. The van der Waals surface area contributed by atoms with Gasteiger partial charge in [-0.1, -0.05) is 34.1 Å². The molecule has 0 aromatic heterocycles. The Kier molecular flexibility index (Phi) is 10.6. The summed E-state index contributed by atoms with van der Waals surface area (Å²) in [6.07, 6.45) is 3.01. The van der Waals surface area contributed by atoms with Gasteiger partial charge in [-0.25, -0.2) is 13.1 Å². The van der Waals surface area contributed by atoms with Gasteiger partial charge >= 0.3 is 0 Å². The highest BCUT2D eigenvalue weighted by atomic mass is 127. The Morgan fingerprint density at radius 2 is 1.89 bits per heavy atom. The second-order valence-corrected chi connectivity index (χ2v) is 9.48. The van der Waals surface area contributed by atoms with Gasteiger partial charge in [0.15, 0.2) is 5.96 Å². The van der Waals surface area contributed by atoms with Crippen molar-refractivity contribution in [3.05, 3.63) is 34.3 Å². The molecule has 0 heterocycles. The van der Waals surface area contributed by atoms with E-state index in [2.05, 4.69) is 49.5 Å². The van der Waals surface area contributed by atoms with Gasteiger partial charge in [-0.05, 0) is 44.7 Å². The molecule has 154 valence electrons. The number of rotatable bonds is 10. The number of benzene rings is 1. The van der Waals surface area contributed by atoms with Crippen molar-refractivity contribution in [2.45, 2.75) is 38.5 Å². The third kappa shape index (κ3) is 7.86. The van der Waals surface area contributed by atoms with E-state index < -0.39 is 10.0 Å². The van der Waals surface area contributed by atoms with Crippen LogP contribution in [0.5, 0.6) is 0 Å². The number of hydrogen-bond donors (Lipinski definition) is 3. The van der Waals surface area contributed by atoms with Crippen LogP contribution in [0.1, 0.15) is 38.7 Å². The first-order valence-electron chi connectivity index (χ1n) is 9.17. The number of guanidine groups is 1. The topological polar surface area (TPSA) is 82.6 Å². The average Bonchev–Trinajstić information content (AvgIpc) is 3.40. The van der Waals surface area contributed by atoms with Crippen molar-refractivity contribution in [2.75, 3.05) is 31.9 Å². The number of halogens is 2. The molecule has 0 bridgehead atoms. The lowest BCUT2D eigenvalue weighted by Gasteiger charge is -2.17. The van der Waals surface area contributed by atoms with Gasteiger partial charge in [0.1, 0.15) is 0 Å². The predicted octanol–water partition coefficient (Wildman–Crippen LogP) is 2.98. The lowest BCUT2D eigenvalue weighted by molar-refractivity contribution is 0.579. The lowest BCUT2D eigenvalue weighted by Crippen LogP contribution is -2.39. The SMILES string of the molecule is CCNC(=NCC1(c2ccccc2Br)CC1)NCCCNS(=O)(=O)CC.I. The summed E-state index contributed by atoms with van der Waals surface area (Å²) in [5.41, 5.74) is 1.47. The van der Waals surface area contributed by atoms with Crippen molar-refractivity contribution in [1.29, 1.82) is 0 Å². The molecular weight excluding hydrogens is 543 g/mol. The van der Waals surface area contributed by atoms with Gasteiger partial charge in [-0.3, -0.25) is 4.99 Å². The first-order chi connectivity index (χ1) is 12.4. The summed E-state index contributed by atoms with van der Waals surface area (Å²) in [4.78, 5) is 4.76. The minimum Gasteiger partial charge on any atom is -0.357 e. The first kappa shape index (κ1) is 24.6. The molecule has 1 fully saturated rings. The summed E-state index contributed by atoms with van der Waals surface area (Å²) in [6, 6.07) is 8.36. The number of nitrogens with zero attached hydrogens (tertiary/aromatic N) is 1. The Hall–Kier alpha value is -0.390. The van der Waals surface area contributed by atoms with E-state index >= 15 is 0 Å². The van der Waals surface area contributed by atoms with E-state index in [4.69, 9.17) is 4.99 Å². The van der Waals surface area contributed by atoms with E-state index in [9.17, 15) is 8.42 Å². The minimum absolute atomic E-state index is 0. The molecule has 0 aliphatic heterocycles. The number of aliphatic imine (C=N–C) groups is 1. The zero-order valence-electron chi connectivity index (χ0n) is 15.9. The van der Waals surface area contributed by atoms with Crippen LogP contribution < -0.4 is 15.4 Å². The van der Waals surface area contributed by atoms with Gasteiger partial charge in [0.05, 0.1) is 12.3 Å². The van der Waals surface area contributed by atoms with Crippen LogP contribution in [0, 0.1) is 0 Å². The van der Waals surface area contributed by atoms with Crippen LogP contribution in [-0.2, 0) is 15.4 Å². The number of nitrogens with one attached hydrogen (secondary N) is 3. The Morgan fingerprint density at radius 3 is 2.48 bits per heavy atom. The van der Waals surface area contributed by atoms with Crippen molar-refractivity contribution < 1.29 is 8.42 Å². The number of sulfonamides is 1.